The van der Waals surface area contributed by atoms with Crippen LogP contribution in [0.4, 0.5) is 0 Å². The monoisotopic (exact) mass is 288 g/mol. The summed E-state index contributed by atoms with van der Waals surface area (Å²) in [4.78, 5) is 2.75. The molecule has 2 aliphatic rings. The molecule has 2 fully saturated rings. The summed E-state index contributed by atoms with van der Waals surface area (Å²) < 4.78 is 5.57. The van der Waals surface area contributed by atoms with E-state index in [0.29, 0.717) is 12.1 Å². The van der Waals surface area contributed by atoms with E-state index in [1.54, 1.807) is 0 Å². The number of nitrogens with one attached hydrogen (secondary N) is 1. The third kappa shape index (κ3) is 3.31. The molecule has 2 saturated heterocycles. The first-order valence-electron chi connectivity index (χ1n) is 8.35. The minimum atomic E-state index is 0.240. The van der Waals surface area contributed by atoms with E-state index in [4.69, 9.17) is 4.74 Å². The molecule has 116 valence electrons. The van der Waals surface area contributed by atoms with Crippen LogP contribution in [0, 0.1) is 0 Å². The molecule has 0 radical (unpaired) electrons. The summed E-state index contributed by atoms with van der Waals surface area (Å²) in [7, 11) is 0. The SMILES string of the molecule is CCC1(C)CN(C2CCOCC2)C(c2ccccc2)CN1. The minimum absolute atomic E-state index is 0.240. The van der Waals surface area contributed by atoms with E-state index in [1.165, 1.54) is 24.8 Å². The highest BCUT2D eigenvalue weighted by molar-refractivity contribution is 5.21. The van der Waals surface area contributed by atoms with Crippen LogP contribution in [0.5, 0.6) is 0 Å². The zero-order chi connectivity index (χ0) is 14.7. The molecule has 2 atom stereocenters. The average Bonchev–Trinajstić information content (AvgIpc) is 2.56. The van der Waals surface area contributed by atoms with E-state index < -0.39 is 0 Å². The van der Waals surface area contributed by atoms with Crippen molar-refractivity contribution >= 4 is 0 Å². The Kier molecular flexibility index (Phi) is 4.63. The highest BCUT2D eigenvalue weighted by Crippen LogP contribution is 2.32. The smallest absolute Gasteiger partial charge is 0.0480 e. The maximum atomic E-state index is 5.57. The predicted octanol–water partition coefficient (Wildman–Crippen LogP) is 2.98. The van der Waals surface area contributed by atoms with Crippen molar-refractivity contribution in [1.82, 2.24) is 10.2 Å². The topological polar surface area (TPSA) is 24.5 Å². The van der Waals surface area contributed by atoms with Gasteiger partial charge < -0.3 is 10.1 Å². The number of piperazine rings is 1. The molecule has 2 heterocycles. The van der Waals surface area contributed by atoms with Gasteiger partial charge in [-0.1, -0.05) is 37.3 Å². The lowest BCUT2D eigenvalue weighted by Gasteiger charge is -2.50. The summed E-state index contributed by atoms with van der Waals surface area (Å²) in [5.41, 5.74) is 1.68. The molecule has 0 aliphatic carbocycles. The Morgan fingerprint density at radius 1 is 1.24 bits per heavy atom. The van der Waals surface area contributed by atoms with Crippen molar-refractivity contribution in [2.24, 2.45) is 0 Å². The fraction of sp³-hybridized carbons (Fsp3) is 0.667. The summed E-state index contributed by atoms with van der Waals surface area (Å²) in [6.07, 6.45) is 3.51. The minimum Gasteiger partial charge on any atom is -0.381 e. The molecule has 1 aromatic rings. The Balaban J connectivity index is 1.83. The second-order valence-corrected chi connectivity index (χ2v) is 6.74. The first kappa shape index (κ1) is 15.0. The van der Waals surface area contributed by atoms with Crippen LogP contribution in [0.3, 0.4) is 0 Å². The van der Waals surface area contributed by atoms with Gasteiger partial charge >= 0.3 is 0 Å². The molecule has 21 heavy (non-hydrogen) atoms. The Morgan fingerprint density at radius 3 is 2.62 bits per heavy atom. The van der Waals surface area contributed by atoms with Crippen LogP contribution in [0.2, 0.25) is 0 Å². The van der Waals surface area contributed by atoms with Gasteiger partial charge in [-0.05, 0) is 31.7 Å². The van der Waals surface area contributed by atoms with Crippen molar-refractivity contribution < 1.29 is 4.74 Å². The quantitative estimate of drug-likeness (QED) is 0.925. The lowest BCUT2D eigenvalue weighted by molar-refractivity contribution is -0.0151. The molecule has 2 aliphatic heterocycles. The van der Waals surface area contributed by atoms with E-state index >= 15 is 0 Å². The average molecular weight is 288 g/mol. The molecule has 0 amide bonds. The Morgan fingerprint density at radius 2 is 1.95 bits per heavy atom. The molecule has 0 aromatic heterocycles. The first-order chi connectivity index (χ1) is 10.2. The summed E-state index contributed by atoms with van der Waals surface area (Å²) in [6, 6.07) is 12.1. The number of benzene rings is 1. The van der Waals surface area contributed by atoms with Gasteiger partial charge in [-0.3, -0.25) is 4.90 Å². The molecule has 0 saturated carbocycles. The van der Waals surface area contributed by atoms with Crippen LogP contribution >= 0.6 is 0 Å². The Hall–Kier alpha value is -0.900. The molecule has 2 unspecified atom stereocenters. The summed E-state index contributed by atoms with van der Waals surface area (Å²) in [5, 5.41) is 3.79. The summed E-state index contributed by atoms with van der Waals surface area (Å²) >= 11 is 0. The van der Waals surface area contributed by atoms with Gasteiger partial charge in [-0.25, -0.2) is 0 Å². The molecule has 3 nitrogen and oxygen atoms in total. The van der Waals surface area contributed by atoms with Crippen molar-refractivity contribution in [3.8, 4) is 0 Å². The molecule has 1 N–H and O–H groups in total. The number of rotatable bonds is 3. The number of nitrogens with zero attached hydrogens (tertiary/aromatic N) is 1. The highest BCUT2D eigenvalue weighted by atomic mass is 16.5. The molecule has 0 spiro atoms. The van der Waals surface area contributed by atoms with Gasteiger partial charge in [0, 0.05) is 43.9 Å². The van der Waals surface area contributed by atoms with Gasteiger partial charge in [0.05, 0.1) is 0 Å². The van der Waals surface area contributed by atoms with Crippen molar-refractivity contribution in [3.05, 3.63) is 35.9 Å². The fourth-order valence-corrected chi connectivity index (χ4v) is 3.65. The lowest BCUT2D eigenvalue weighted by Crippen LogP contribution is -2.62. The Bertz CT molecular complexity index is 444. The van der Waals surface area contributed by atoms with Gasteiger partial charge in [0.1, 0.15) is 0 Å². The van der Waals surface area contributed by atoms with Gasteiger partial charge in [-0.2, -0.15) is 0 Å². The van der Waals surface area contributed by atoms with Crippen LogP contribution in [0.25, 0.3) is 0 Å². The number of hydrogen-bond acceptors (Lipinski definition) is 3. The molecule has 3 rings (SSSR count). The van der Waals surface area contributed by atoms with Gasteiger partial charge in [-0.15, -0.1) is 0 Å². The highest BCUT2D eigenvalue weighted by Gasteiger charge is 2.38. The summed E-state index contributed by atoms with van der Waals surface area (Å²) in [6.45, 7) is 8.66. The number of ether oxygens (including phenoxy) is 1. The van der Waals surface area contributed by atoms with Crippen LogP contribution in [0.15, 0.2) is 30.3 Å². The van der Waals surface area contributed by atoms with E-state index in [1.807, 2.05) is 0 Å². The maximum Gasteiger partial charge on any atom is 0.0480 e. The van der Waals surface area contributed by atoms with Crippen molar-refractivity contribution in [3.63, 3.8) is 0 Å². The zero-order valence-corrected chi connectivity index (χ0v) is 13.3. The van der Waals surface area contributed by atoms with Crippen LogP contribution in [-0.4, -0.2) is 42.8 Å². The van der Waals surface area contributed by atoms with Crippen LogP contribution in [-0.2, 0) is 4.74 Å². The Labute approximate surface area is 128 Å². The van der Waals surface area contributed by atoms with Gasteiger partial charge in [0.15, 0.2) is 0 Å². The van der Waals surface area contributed by atoms with E-state index in [0.717, 1.165) is 26.3 Å². The van der Waals surface area contributed by atoms with E-state index in [9.17, 15) is 0 Å². The molecular weight excluding hydrogens is 260 g/mol. The lowest BCUT2D eigenvalue weighted by atomic mass is 9.88. The van der Waals surface area contributed by atoms with Crippen LogP contribution in [0.1, 0.15) is 44.7 Å². The third-order valence-corrected chi connectivity index (χ3v) is 5.28. The van der Waals surface area contributed by atoms with E-state index in [2.05, 4.69) is 54.4 Å². The van der Waals surface area contributed by atoms with E-state index in [-0.39, 0.29) is 5.54 Å². The van der Waals surface area contributed by atoms with Gasteiger partial charge in [0.25, 0.3) is 0 Å². The van der Waals surface area contributed by atoms with Crippen molar-refractivity contribution in [2.45, 2.75) is 50.7 Å². The first-order valence-corrected chi connectivity index (χ1v) is 8.35. The summed E-state index contributed by atoms with van der Waals surface area (Å²) in [5.74, 6) is 0. The normalized spacial score (nSPS) is 32.2. The third-order valence-electron chi connectivity index (χ3n) is 5.28. The fourth-order valence-electron chi connectivity index (χ4n) is 3.65. The van der Waals surface area contributed by atoms with Crippen LogP contribution < -0.4 is 5.32 Å². The largest absolute Gasteiger partial charge is 0.381 e. The standard InChI is InChI=1S/C18H28N2O/c1-3-18(2)14-20(16-9-11-21-12-10-16)17(13-19-18)15-7-5-4-6-8-15/h4-8,16-17,19H,3,9-14H2,1-2H3. The predicted molar refractivity (Wildman–Crippen MR) is 86.4 cm³/mol. The van der Waals surface area contributed by atoms with Crippen molar-refractivity contribution in [1.29, 1.82) is 0 Å². The molecule has 1 aromatic carbocycles. The molecule has 0 bridgehead atoms. The molecular formula is C18H28N2O. The van der Waals surface area contributed by atoms with Crippen molar-refractivity contribution in [2.75, 3.05) is 26.3 Å². The second-order valence-electron chi connectivity index (χ2n) is 6.74. The second kappa shape index (κ2) is 6.47. The van der Waals surface area contributed by atoms with Gasteiger partial charge in [0.2, 0.25) is 0 Å². The molecule has 3 heteroatoms. The maximum absolute atomic E-state index is 5.57. The zero-order valence-electron chi connectivity index (χ0n) is 13.3. The number of hydrogen-bond donors (Lipinski definition) is 1.